The number of carbonyl (C=O) groups excluding carboxylic acids is 1. The van der Waals surface area contributed by atoms with Crippen molar-refractivity contribution in [2.45, 2.75) is 0 Å². The molecular weight excluding hydrogens is 519 g/mol. The average Bonchev–Trinajstić information content (AvgIpc) is 3.24. The zero-order valence-corrected chi connectivity index (χ0v) is 23.2. The first kappa shape index (κ1) is 26.5. The maximum atomic E-state index is 13.6. The number of likely N-dealkylation sites (tertiary alicyclic amines) is 1. The van der Waals surface area contributed by atoms with Crippen molar-refractivity contribution in [3.63, 3.8) is 0 Å². The molecule has 0 radical (unpaired) electrons. The second-order valence-electron chi connectivity index (χ2n) is 10.9. The summed E-state index contributed by atoms with van der Waals surface area (Å²) in [6, 6.07) is 13.6. The van der Waals surface area contributed by atoms with E-state index >= 15 is 0 Å². The number of hydrogen-bond acceptors (Lipinski definition) is 6. The molecule has 6 rings (SSSR count). The van der Waals surface area contributed by atoms with Gasteiger partial charge in [-0.1, -0.05) is 30.2 Å². The maximum absolute atomic E-state index is 13.6. The highest BCUT2D eigenvalue weighted by atomic mass is 19.1. The number of hydrogen-bond donors (Lipinski definition) is 1. The molecule has 8 nitrogen and oxygen atoms in total. The summed E-state index contributed by atoms with van der Waals surface area (Å²) in [5.74, 6) is 9.07. The van der Waals surface area contributed by atoms with Crippen LogP contribution in [0.4, 0.5) is 10.2 Å². The molecule has 208 valence electrons. The number of rotatable bonds is 6. The molecule has 2 fully saturated rings. The van der Waals surface area contributed by atoms with E-state index in [1.54, 1.807) is 18.2 Å². The average molecular weight is 551 g/mol. The number of aryl methyl sites for hydroxylation is 1. The largest absolute Gasteiger partial charge is 0.457 e. The predicted octanol–water partition coefficient (Wildman–Crippen LogP) is 4.32. The van der Waals surface area contributed by atoms with Gasteiger partial charge in [-0.25, -0.2) is 14.4 Å². The zero-order chi connectivity index (χ0) is 28.7. The van der Waals surface area contributed by atoms with E-state index in [-0.39, 0.29) is 17.6 Å². The van der Waals surface area contributed by atoms with Crippen molar-refractivity contribution in [3.05, 3.63) is 78.5 Å². The first-order chi connectivity index (χ1) is 19.8. The molecule has 0 spiro atoms. The topological polar surface area (TPSA) is 89.5 Å². The minimum Gasteiger partial charge on any atom is -0.457 e. The molecule has 2 aliphatic rings. The van der Waals surface area contributed by atoms with Crippen LogP contribution >= 0.6 is 0 Å². The van der Waals surface area contributed by atoms with Gasteiger partial charge < -0.3 is 24.8 Å². The fourth-order valence-electron chi connectivity index (χ4n) is 5.60. The van der Waals surface area contributed by atoms with Crippen LogP contribution in [-0.2, 0) is 11.8 Å². The van der Waals surface area contributed by atoms with Gasteiger partial charge in [0.15, 0.2) is 0 Å². The molecule has 2 N–H and O–H groups in total. The van der Waals surface area contributed by atoms with Crippen LogP contribution in [0.5, 0.6) is 11.5 Å². The van der Waals surface area contributed by atoms with Crippen LogP contribution in [0.3, 0.4) is 0 Å². The quantitative estimate of drug-likeness (QED) is 0.284. The summed E-state index contributed by atoms with van der Waals surface area (Å²) >= 11 is 0. The van der Waals surface area contributed by atoms with Crippen LogP contribution in [0.2, 0.25) is 0 Å². The molecule has 2 aromatic carbocycles. The minimum atomic E-state index is -0.357. The third kappa shape index (κ3) is 5.26. The molecular formula is C32H31FN6O2. The van der Waals surface area contributed by atoms with Crippen LogP contribution in [-0.4, -0.2) is 64.0 Å². The number of nitrogens with zero attached hydrogens (tertiary/aromatic N) is 5. The number of nitrogen functional groups attached to an aromatic ring is 1. The molecule has 1 amide bonds. The van der Waals surface area contributed by atoms with Crippen LogP contribution in [0, 0.1) is 35.4 Å². The van der Waals surface area contributed by atoms with E-state index in [1.807, 2.05) is 65.9 Å². The summed E-state index contributed by atoms with van der Waals surface area (Å²) in [5, 5.41) is 0.746. The van der Waals surface area contributed by atoms with E-state index < -0.39 is 0 Å². The number of likely N-dealkylation sites (N-methyl/N-ethyl adjacent to an activating group) is 1. The normalized spacial score (nSPS) is 19.4. The number of ether oxygens (including phenoxy) is 1. The molecule has 1 saturated carbocycles. The van der Waals surface area contributed by atoms with E-state index in [1.165, 1.54) is 18.5 Å². The molecule has 1 aliphatic heterocycles. The van der Waals surface area contributed by atoms with Gasteiger partial charge in [-0.15, -0.1) is 0 Å². The SMILES string of the molecule is CN(C)C/C=C/C(=O)N1C[C@@H]2C(C#Cc3c(-c4ccc(Oc5cccc(F)c5)cc4)c4c(N)ncnc4n3C)[C@@H]2C1. The molecule has 2 aromatic heterocycles. The predicted molar refractivity (Wildman–Crippen MR) is 156 cm³/mol. The number of carbonyl (C=O) groups is 1. The molecule has 4 aromatic rings. The van der Waals surface area contributed by atoms with Crippen molar-refractivity contribution in [2.75, 3.05) is 39.5 Å². The first-order valence-corrected chi connectivity index (χ1v) is 13.5. The molecule has 1 unspecified atom stereocenters. The van der Waals surface area contributed by atoms with Gasteiger partial charge in [-0.05, 0) is 61.7 Å². The number of anilines is 1. The van der Waals surface area contributed by atoms with Crippen molar-refractivity contribution in [1.82, 2.24) is 24.3 Å². The third-order valence-corrected chi connectivity index (χ3v) is 7.77. The number of aromatic nitrogens is 3. The minimum absolute atomic E-state index is 0.0700. The fraction of sp³-hybridized carbons (Fsp3) is 0.281. The van der Waals surface area contributed by atoms with Crippen molar-refractivity contribution in [3.8, 4) is 34.5 Å². The number of amides is 1. The van der Waals surface area contributed by atoms with Crippen LogP contribution in [0.1, 0.15) is 5.69 Å². The van der Waals surface area contributed by atoms with Crippen molar-refractivity contribution in [1.29, 1.82) is 0 Å². The van der Waals surface area contributed by atoms with Gasteiger partial charge in [0, 0.05) is 50.3 Å². The lowest BCUT2D eigenvalue weighted by molar-refractivity contribution is -0.125. The molecule has 9 heteroatoms. The summed E-state index contributed by atoms with van der Waals surface area (Å²) in [6.07, 6.45) is 5.03. The highest BCUT2D eigenvalue weighted by molar-refractivity contribution is 6.03. The Labute approximate surface area is 238 Å². The van der Waals surface area contributed by atoms with Gasteiger partial charge in [0.25, 0.3) is 0 Å². The summed E-state index contributed by atoms with van der Waals surface area (Å²) < 4.78 is 21.4. The second-order valence-corrected chi connectivity index (χ2v) is 10.9. The Morgan fingerprint density at radius 3 is 2.61 bits per heavy atom. The summed E-state index contributed by atoms with van der Waals surface area (Å²) in [6.45, 7) is 2.22. The Hall–Kier alpha value is -4.68. The number of piperidine rings is 1. The Kier molecular flexibility index (Phi) is 6.93. The van der Waals surface area contributed by atoms with E-state index in [4.69, 9.17) is 10.5 Å². The van der Waals surface area contributed by atoms with Gasteiger partial charge in [0.1, 0.15) is 40.8 Å². The standard InChI is InChI=1S/C32H31FN6O2/c1-37(2)15-5-8-28(40)39-17-25-24(26(25)18-39)13-14-27-29(30-31(34)35-19-36-32(30)38(27)3)20-9-11-22(12-10-20)41-23-7-4-6-21(33)16-23/h4-12,16,19,24-26H,15,17-18H2,1-3H3,(H2,34,35,36)/b8-5+/t24?,25-,26+. The third-order valence-electron chi connectivity index (χ3n) is 7.77. The van der Waals surface area contributed by atoms with E-state index in [0.717, 1.165) is 41.8 Å². The number of halogens is 1. The maximum Gasteiger partial charge on any atom is 0.246 e. The van der Waals surface area contributed by atoms with Crippen molar-refractivity contribution >= 4 is 22.8 Å². The molecule has 3 heterocycles. The molecule has 41 heavy (non-hydrogen) atoms. The molecule has 3 atom stereocenters. The molecule has 1 saturated heterocycles. The lowest BCUT2D eigenvalue weighted by atomic mass is 10.0. The molecule has 1 aliphatic carbocycles. The van der Waals surface area contributed by atoms with Gasteiger partial charge in [0.05, 0.1) is 5.39 Å². The summed E-state index contributed by atoms with van der Waals surface area (Å²) in [7, 11) is 5.88. The number of fused-ring (bicyclic) bond motifs is 2. The monoisotopic (exact) mass is 550 g/mol. The molecule has 0 bridgehead atoms. The highest BCUT2D eigenvalue weighted by Crippen LogP contribution is 2.51. The second kappa shape index (κ2) is 10.7. The van der Waals surface area contributed by atoms with E-state index in [9.17, 15) is 9.18 Å². The zero-order valence-electron chi connectivity index (χ0n) is 23.2. The van der Waals surface area contributed by atoms with Crippen LogP contribution < -0.4 is 10.5 Å². The van der Waals surface area contributed by atoms with Gasteiger partial charge in [0.2, 0.25) is 5.91 Å². The van der Waals surface area contributed by atoms with E-state index in [2.05, 4.69) is 21.8 Å². The lowest BCUT2D eigenvalue weighted by Crippen LogP contribution is -2.30. The Morgan fingerprint density at radius 2 is 1.90 bits per heavy atom. The Bertz CT molecular complexity index is 1700. The first-order valence-electron chi connectivity index (χ1n) is 13.5. The smallest absolute Gasteiger partial charge is 0.246 e. The van der Waals surface area contributed by atoms with Crippen molar-refractivity contribution in [2.24, 2.45) is 24.8 Å². The Balaban J connectivity index is 1.25. The summed E-state index contributed by atoms with van der Waals surface area (Å²) in [5.41, 5.74) is 9.60. The van der Waals surface area contributed by atoms with Crippen molar-refractivity contribution < 1.29 is 13.9 Å². The Morgan fingerprint density at radius 1 is 1.15 bits per heavy atom. The van der Waals surface area contributed by atoms with E-state index in [0.29, 0.717) is 34.8 Å². The van der Waals surface area contributed by atoms with Crippen LogP contribution in [0.15, 0.2) is 67.0 Å². The number of nitrogens with two attached hydrogens (primary N) is 1. The van der Waals surface area contributed by atoms with Gasteiger partial charge in [-0.2, -0.15) is 0 Å². The van der Waals surface area contributed by atoms with Crippen LogP contribution in [0.25, 0.3) is 22.2 Å². The fourth-order valence-corrected chi connectivity index (χ4v) is 5.60. The number of benzene rings is 2. The van der Waals surface area contributed by atoms with Gasteiger partial charge in [-0.3, -0.25) is 4.79 Å². The highest BCUT2D eigenvalue weighted by Gasteiger charge is 2.55. The lowest BCUT2D eigenvalue weighted by Gasteiger charge is -2.16. The summed E-state index contributed by atoms with van der Waals surface area (Å²) in [4.78, 5) is 25.2. The van der Waals surface area contributed by atoms with Gasteiger partial charge >= 0.3 is 0 Å².